The van der Waals surface area contributed by atoms with Gasteiger partial charge in [0.1, 0.15) is 12.7 Å². The minimum absolute atomic E-state index is 0.563. The van der Waals surface area contributed by atoms with Crippen LogP contribution in [0.1, 0.15) is 44.7 Å². The maximum Gasteiger partial charge on any atom is 0.171 e. The maximum absolute atomic E-state index is 2.68. The van der Waals surface area contributed by atoms with E-state index in [9.17, 15) is 0 Å². The molecule has 3 fully saturated rings. The third-order valence-electron chi connectivity index (χ3n) is 11.8. The monoisotopic (exact) mass is 587 g/mol. The van der Waals surface area contributed by atoms with Crippen LogP contribution in [0.15, 0.2) is 146 Å². The summed E-state index contributed by atoms with van der Waals surface area (Å²) in [5.41, 5.74) is 8.89. The molecule has 4 atom stereocenters. The average Bonchev–Trinajstić information content (AvgIpc) is 3.10. The van der Waals surface area contributed by atoms with E-state index in [4.69, 9.17) is 0 Å². The van der Waals surface area contributed by atoms with E-state index in [2.05, 4.69) is 177 Å². The Labute approximate surface area is 270 Å². The van der Waals surface area contributed by atoms with Crippen LogP contribution in [0.4, 0.5) is 0 Å². The van der Waals surface area contributed by atoms with Gasteiger partial charge in [0.2, 0.25) is 0 Å². The molecule has 5 aromatic carbocycles. The highest BCUT2D eigenvalue weighted by Crippen LogP contribution is 2.61. The topological polar surface area (TPSA) is 3.01 Å². The molecule has 0 amide bonds. The zero-order valence-corrected chi connectivity index (χ0v) is 27.1. The summed E-state index contributed by atoms with van der Waals surface area (Å²) in [5, 5.41) is 0. The maximum atomic E-state index is 2.68. The molecule has 3 saturated carbocycles. The van der Waals surface area contributed by atoms with E-state index in [1.165, 1.54) is 58.8 Å². The van der Waals surface area contributed by atoms with Crippen LogP contribution in [-0.2, 0) is 6.42 Å². The molecule has 2 heteroatoms. The van der Waals surface area contributed by atoms with E-state index < -0.39 is 6.15 Å². The summed E-state index contributed by atoms with van der Waals surface area (Å²) >= 11 is 0. The number of nitrogens with zero attached hydrogens (tertiary/aromatic N) is 1. The first kappa shape index (κ1) is 29.5. The molecule has 0 aromatic heterocycles. The van der Waals surface area contributed by atoms with Crippen molar-refractivity contribution in [3.05, 3.63) is 157 Å². The van der Waals surface area contributed by atoms with Gasteiger partial charge in [-0.2, -0.15) is 21.9 Å². The van der Waals surface area contributed by atoms with Gasteiger partial charge in [0.15, 0.2) is 12.3 Å². The van der Waals surface area contributed by atoms with Crippen molar-refractivity contribution in [3.63, 3.8) is 0 Å². The highest BCUT2D eigenvalue weighted by atomic mass is 15.1. The molecule has 0 saturated heterocycles. The Kier molecular flexibility index (Phi) is 8.09. The molecule has 1 heterocycles. The second-order valence-electron chi connectivity index (χ2n) is 14.4. The van der Waals surface area contributed by atoms with Crippen LogP contribution in [0.5, 0.6) is 0 Å². The van der Waals surface area contributed by atoms with E-state index >= 15 is 0 Å². The fourth-order valence-corrected chi connectivity index (χ4v) is 9.45. The van der Waals surface area contributed by atoms with Gasteiger partial charge in [-0.25, -0.2) is 4.58 Å². The van der Waals surface area contributed by atoms with Crippen molar-refractivity contribution in [2.24, 2.45) is 23.2 Å². The summed E-state index contributed by atoms with van der Waals surface area (Å²) in [7, 11) is 0. The van der Waals surface area contributed by atoms with Crippen molar-refractivity contribution in [2.75, 3.05) is 6.54 Å². The van der Waals surface area contributed by atoms with E-state index in [-0.39, 0.29) is 0 Å². The number of benzene rings is 5. The van der Waals surface area contributed by atoms with Gasteiger partial charge in [-0.05, 0) is 35.3 Å². The van der Waals surface area contributed by atoms with Crippen LogP contribution in [-0.4, -0.2) is 29.5 Å². The quantitative estimate of drug-likeness (QED) is 0.157. The Bertz CT molecular complexity index is 1580. The van der Waals surface area contributed by atoms with Gasteiger partial charge in [-0.3, -0.25) is 0 Å². The van der Waals surface area contributed by atoms with Gasteiger partial charge in [0.25, 0.3) is 0 Å². The van der Waals surface area contributed by atoms with E-state index in [1.807, 2.05) is 0 Å². The summed E-state index contributed by atoms with van der Waals surface area (Å²) in [4.78, 5) is 0. The number of hydrogen-bond donors (Lipinski definition) is 0. The molecule has 0 spiro atoms. The molecule has 0 N–H and O–H groups in total. The molecule has 0 radical (unpaired) electrons. The fourth-order valence-electron chi connectivity index (χ4n) is 9.45. The molecule has 5 aromatic rings. The lowest BCUT2D eigenvalue weighted by atomic mass is 9.13. The Balaban J connectivity index is 0.000000148. The van der Waals surface area contributed by atoms with Crippen molar-refractivity contribution in [2.45, 2.75) is 46.1 Å². The normalized spacial score (nSPS) is 23.0. The summed E-state index contributed by atoms with van der Waals surface area (Å²) in [6, 6.07) is 53.2. The lowest BCUT2D eigenvalue weighted by molar-refractivity contribution is -0.589. The smallest absolute Gasteiger partial charge is 0.171 e. The first-order chi connectivity index (χ1) is 22.0. The van der Waals surface area contributed by atoms with E-state index in [0.29, 0.717) is 5.41 Å². The van der Waals surface area contributed by atoms with Crippen LogP contribution < -0.4 is 21.9 Å². The third-order valence-corrected chi connectivity index (χ3v) is 11.8. The lowest BCUT2D eigenvalue weighted by Gasteiger charge is -2.60. The van der Waals surface area contributed by atoms with Crippen LogP contribution in [0.3, 0.4) is 0 Å². The van der Waals surface area contributed by atoms with E-state index in [1.54, 1.807) is 0 Å². The second kappa shape index (κ2) is 12.3. The largest absolute Gasteiger partial charge is 0.232 e. The third kappa shape index (κ3) is 5.29. The lowest BCUT2D eigenvalue weighted by Crippen LogP contribution is -2.74. The highest BCUT2D eigenvalue weighted by Gasteiger charge is 2.60. The zero-order chi connectivity index (χ0) is 30.9. The Morgan fingerprint density at radius 2 is 1.00 bits per heavy atom. The molecule has 3 aliphatic carbocycles. The SMILES string of the molecule is C[C@H]1C[C@@H]([N+]2=Cc3ccccc3CC2)[C@@H]2C[C@H]1C2(C)C.c1ccc([B-](c2ccccc2)(c2ccccc2)c2ccccc2)cc1. The summed E-state index contributed by atoms with van der Waals surface area (Å²) in [6.07, 6.45) is 5.31. The minimum Gasteiger partial charge on any atom is -0.232 e. The van der Waals surface area contributed by atoms with Crippen molar-refractivity contribution in [3.8, 4) is 0 Å². The molecule has 0 unspecified atom stereocenters. The van der Waals surface area contributed by atoms with Crippen molar-refractivity contribution < 1.29 is 4.58 Å². The molecule has 1 aliphatic heterocycles. The Hall–Kier alpha value is -4.17. The molecule has 226 valence electrons. The van der Waals surface area contributed by atoms with Gasteiger partial charge in [-0.15, -0.1) is 0 Å². The second-order valence-corrected chi connectivity index (χ2v) is 14.4. The predicted molar refractivity (Wildman–Crippen MR) is 193 cm³/mol. The number of hydrogen-bond acceptors (Lipinski definition) is 0. The highest BCUT2D eigenvalue weighted by molar-refractivity contribution is 7.19. The number of rotatable bonds is 5. The van der Waals surface area contributed by atoms with Crippen molar-refractivity contribution >= 4 is 34.2 Å². The Morgan fingerprint density at radius 3 is 1.44 bits per heavy atom. The molecule has 1 nitrogen and oxygen atoms in total. The summed E-state index contributed by atoms with van der Waals surface area (Å²) < 4.78 is 2.68. The zero-order valence-electron chi connectivity index (χ0n) is 27.1. The molecule has 9 rings (SSSR count). The van der Waals surface area contributed by atoms with Crippen molar-refractivity contribution in [1.82, 2.24) is 0 Å². The standard InChI is InChI=1S/C24H20B.C19H26N/c1-5-13-21(14-6-1)25(22-15-7-2-8-16-22,23-17-9-3-10-18-23)24-19-11-4-12-20-24;1-13-10-18(17-11-16(13)19(17,2)3)20-9-8-14-6-4-5-7-15(14)12-20/h1-20H;4-7,12-13,16-18H,8-11H2,1-3H3/q-1;+1/t;13-,16+,17-,18+/m.0/s1. The van der Waals surface area contributed by atoms with Crippen LogP contribution >= 0.6 is 0 Å². The van der Waals surface area contributed by atoms with Gasteiger partial charge in [0.05, 0.1) is 0 Å². The molecule has 4 aliphatic rings. The number of fused-ring (bicyclic) bond motifs is 3. The van der Waals surface area contributed by atoms with Gasteiger partial charge >= 0.3 is 0 Å². The first-order valence-electron chi connectivity index (χ1n) is 17.1. The molecular weight excluding hydrogens is 541 g/mol. The predicted octanol–water partition coefficient (Wildman–Crippen LogP) is 6.81. The molecular formula is C43H46BN. The van der Waals surface area contributed by atoms with E-state index in [0.717, 1.165) is 23.8 Å². The average molecular weight is 588 g/mol. The summed E-state index contributed by atoms with van der Waals surface area (Å²) in [5.74, 6) is 2.77. The van der Waals surface area contributed by atoms with Crippen LogP contribution in [0.2, 0.25) is 0 Å². The van der Waals surface area contributed by atoms with Gasteiger partial charge in [0, 0.05) is 24.3 Å². The summed E-state index contributed by atoms with van der Waals surface area (Å²) in [6.45, 7) is 8.71. The van der Waals surface area contributed by atoms with Crippen LogP contribution in [0.25, 0.3) is 0 Å². The molecule has 45 heavy (non-hydrogen) atoms. The first-order valence-corrected chi connectivity index (χ1v) is 17.1. The molecule has 2 bridgehead atoms. The van der Waals surface area contributed by atoms with Crippen LogP contribution in [0, 0.1) is 23.2 Å². The fraction of sp³-hybridized carbons (Fsp3) is 0.279. The van der Waals surface area contributed by atoms with Crippen molar-refractivity contribution in [1.29, 1.82) is 0 Å². The Morgan fingerprint density at radius 1 is 0.556 bits per heavy atom. The van der Waals surface area contributed by atoms with Gasteiger partial charge < -0.3 is 0 Å². The minimum atomic E-state index is -1.22. The van der Waals surface area contributed by atoms with Gasteiger partial charge in [-0.1, -0.05) is 160 Å².